The maximum atomic E-state index is 12.5. The number of rotatable bonds is 4. The molecule has 0 bridgehead atoms. The molecule has 2 aromatic heterocycles. The molecule has 126 valence electrons. The Balaban J connectivity index is 1.34. The lowest BCUT2D eigenvalue weighted by molar-refractivity contribution is -0.122. The SMILES string of the molecule is O=C(NCc1cccnc1)C1CC1c1nc2cccc3c2n1CCC3. The summed E-state index contributed by atoms with van der Waals surface area (Å²) in [7, 11) is 0. The molecular weight excluding hydrogens is 312 g/mol. The molecule has 0 radical (unpaired) electrons. The second-order valence-corrected chi connectivity index (χ2v) is 7.04. The summed E-state index contributed by atoms with van der Waals surface area (Å²) in [6.45, 7) is 1.56. The van der Waals surface area contributed by atoms with Gasteiger partial charge in [-0.2, -0.15) is 0 Å². The van der Waals surface area contributed by atoms with Gasteiger partial charge in [0.1, 0.15) is 5.82 Å². The molecule has 5 heteroatoms. The first-order valence-corrected chi connectivity index (χ1v) is 8.96. The van der Waals surface area contributed by atoms with Gasteiger partial charge in [-0.3, -0.25) is 9.78 Å². The number of nitrogens with zero attached hydrogens (tertiary/aromatic N) is 3. The lowest BCUT2D eigenvalue weighted by Gasteiger charge is -2.16. The standard InChI is InChI=1S/C20H20N4O/c25-20(22-12-13-4-2-8-21-11-13)16-10-15(16)19-23-17-7-1-5-14-6-3-9-24(19)18(14)17/h1-2,4-5,7-8,11,15-16H,3,6,9-10,12H2,(H,22,25). The largest absolute Gasteiger partial charge is 0.352 e. The van der Waals surface area contributed by atoms with E-state index >= 15 is 0 Å². The fourth-order valence-corrected chi connectivity index (χ4v) is 4.01. The van der Waals surface area contributed by atoms with Crippen LogP contribution in [0.15, 0.2) is 42.7 Å². The summed E-state index contributed by atoms with van der Waals surface area (Å²) in [6, 6.07) is 10.2. The van der Waals surface area contributed by atoms with Crippen molar-refractivity contribution in [3.05, 3.63) is 59.7 Å². The lowest BCUT2D eigenvalue weighted by atomic mass is 10.0. The summed E-state index contributed by atoms with van der Waals surface area (Å²) in [5, 5.41) is 3.04. The minimum Gasteiger partial charge on any atom is -0.352 e. The number of carbonyl (C=O) groups excluding carboxylic acids is 1. The molecule has 0 spiro atoms. The van der Waals surface area contributed by atoms with Gasteiger partial charge in [-0.05, 0) is 42.5 Å². The number of aryl methyl sites for hydroxylation is 2. The van der Waals surface area contributed by atoms with E-state index < -0.39 is 0 Å². The summed E-state index contributed by atoms with van der Waals surface area (Å²) < 4.78 is 2.35. The number of hydrogen-bond donors (Lipinski definition) is 1. The first kappa shape index (κ1) is 14.6. The maximum Gasteiger partial charge on any atom is 0.224 e. The summed E-state index contributed by atoms with van der Waals surface area (Å²) >= 11 is 0. The van der Waals surface area contributed by atoms with E-state index in [1.165, 1.54) is 11.1 Å². The third-order valence-corrected chi connectivity index (χ3v) is 5.36. The topological polar surface area (TPSA) is 59.8 Å². The molecule has 1 aliphatic heterocycles. The van der Waals surface area contributed by atoms with Gasteiger partial charge in [0, 0.05) is 37.3 Å². The van der Waals surface area contributed by atoms with Crippen molar-refractivity contribution in [2.24, 2.45) is 5.92 Å². The van der Waals surface area contributed by atoms with Gasteiger partial charge < -0.3 is 9.88 Å². The van der Waals surface area contributed by atoms with E-state index in [1.54, 1.807) is 12.4 Å². The monoisotopic (exact) mass is 332 g/mol. The zero-order chi connectivity index (χ0) is 16.8. The molecule has 1 N–H and O–H groups in total. The van der Waals surface area contributed by atoms with Crippen LogP contribution in [0.5, 0.6) is 0 Å². The number of para-hydroxylation sites is 1. The van der Waals surface area contributed by atoms with E-state index in [2.05, 4.69) is 33.1 Å². The third-order valence-electron chi connectivity index (χ3n) is 5.36. The third kappa shape index (κ3) is 2.51. The van der Waals surface area contributed by atoms with E-state index in [0.717, 1.165) is 42.7 Å². The van der Waals surface area contributed by atoms with Crippen molar-refractivity contribution in [1.29, 1.82) is 0 Å². The van der Waals surface area contributed by atoms with Crippen LogP contribution in [0.1, 0.15) is 35.7 Å². The molecule has 3 heterocycles. The molecule has 25 heavy (non-hydrogen) atoms. The van der Waals surface area contributed by atoms with Crippen molar-refractivity contribution in [3.63, 3.8) is 0 Å². The molecule has 3 aromatic rings. The Morgan fingerprint density at radius 2 is 2.24 bits per heavy atom. The number of carbonyl (C=O) groups is 1. The van der Waals surface area contributed by atoms with Gasteiger partial charge in [0.05, 0.1) is 11.0 Å². The van der Waals surface area contributed by atoms with Gasteiger partial charge in [-0.1, -0.05) is 18.2 Å². The smallest absolute Gasteiger partial charge is 0.224 e. The van der Waals surface area contributed by atoms with Crippen LogP contribution in [0.25, 0.3) is 11.0 Å². The first-order valence-electron chi connectivity index (χ1n) is 8.96. The van der Waals surface area contributed by atoms with Gasteiger partial charge in [0.2, 0.25) is 5.91 Å². The van der Waals surface area contributed by atoms with Gasteiger partial charge in [-0.25, -0.2) is 4.98 Å². The van der Waals surface area contributed by atoms with Gasteiger partial charge in [-0.15, -0.1) is 0 Å². The van der Waals surface area contributed by atoms with Crippen LogP contribution in [0.3, 0.4) is 0 Å². The highest BCUT2D eigenvalue weighted by Gasteiger charge is 2.47. The van der Waals surface area contributed by atoms with Crippen LogP contribution >= 0.6 is 0 Å². The van der Waals surface area contributed by atoms with Crippen molar-refractivity contribution >= 4 is 16.9 Å². The quantitative estimate of drug-likeness (QED) is 0.799. The van der Waals surface area contributed by atoms with Crippen LogP contribution in [-0.4, -0.2) is 20.4 Å². The first-order chi connectivity index (χ1) is 12.3. The average Bonchev–Trinajstić information content (AvgIpc) is 3.37. The number of nitrogens with one attached hydrogen (secondary N) is 1. The molecule has 2 aliphatic rings. The number of imidazole rings is 1. The van der Waals surface area contributed by atoms with Gasteiger partial charge >= 0.3 is 0 Å². The van der Waals surface area contributed by atoms with Crippen molar-refractivity contribution in [3.8, 4) is 0 Å². The van der Waals surface area contributed by atoms with Crippen LogP contribution in [0.4, 0.5) is 0 Å². The number of aromatic nitrogens is 3. The minimum absolute atomic E-state index is 0.0510. The summed E-state index contributed by atoms with van der Waals surface area (Å²) in [5.41, 5.74) is 4.78. The average molecular weight is 332 g/mol. The van der Waals surface area contributed by atoms with E-state index in [9.17, 15) is 4.79 Å². The van der Waals surface area contributed by atoms with Gasteiger partial charge in [0.25, 0.3) is 0 Å². The highest BCUT2D eigenvalue weighted by Crippen LogP contribution is 2.48. The lowest BCUT2D eigenvalue weighted by Crippen LogP contribution is -2.25. The number of amides is 1. The molecule has 1 amide bonds. The van der Waals surface area contributed by atoms with Crippen molar-refractivity contribution < 1.29 is 4.79 Å². The van der Waals surface area contributed by atoms with Crippen LogP contribution in [-0.2, 0) is 24.3 Å². The molecule has 5 rings (SSSR count). The molecule has 2 unspecified atom stereocenters. The Kier molecular flexibility index (Phi) is 3.33. The highest BCUT2D eigenvalue weighted by atomic mass is 16.2. The Labute approximate surface area is 146 Å². The number of hydrogen-bond acceptors (Lipinski definition) is 3. The van der Waals surface area contributed by atoms with Crippen molar-refractivity contribution in [2.75, 3.05) is 0 Å². The second-order valence-electron chi connectivity index (χ2n) is 7.04. The minimum atomic E-state index is 0.0510. The van der Waals surface area contributed by atoms with E-state index in [0.29, 0.717) is 6.54 Å². The number of pyridine rings is 1. The van der Waals surface area contributed by atoms with Crippen LogP contribution in [0.2, 0.25) is 0 Å². The van der Waals surface area contributed by atoms with Gasteiger partial charge in [0.15, 0.2) is 0 Å². The predicted molar refractivity (Wildman–Crippen MR) is 95.0 cm³/mol. The van der Waals surface area contributed by atoms with Crippen LogP contribution in [0, 0.1) is 5.92 Å². The normalized spacial score (nSPS) is 21.3. The van der Waals surface area contributed by atoms with E-state index in [-0.39, 0.29) is 17.7 Å². The Hall–Kier alpha value is -2.69. The fourth-order valence-electron chi connectivity index (χ4n) is 4.01. The molecular formula is C20H20N4O. The maximum absolute atomic E-state index is 12.5. The highest BCUT2D eigenvalue weighted by molar-refractivity contribution is 5.84. The Morgan fingerprint density at radius 3 is 3.12 bits per heavy atom. The molecule has 5 nitrogen and oxygen atoms in total. The molecule has 1 saturated carbocycles. The molecule has 1 aromatic carbocycles. The zero-order valence-electron chi connectivity index (χ0n) is 14.0. The summed E-state index contributed by atoms with van der Waals surface area (Å²) in [4.78, 5) is 21.4. The van der Waals surface area contributed by atoms with Crippen molar-refractivity contribution in [1.82, 2.24) is 19.9 Å². The van der Waals surface area contributed by atoms with E-state index in [4.69, 9.17) is 4.98 Å². The Morgan fingerprint density at radius 1 is 1.28 bits per heavy atom. The van der Waals surface area contributed by atoms with Crippen molar-refractivity contribution in [2.45, 2.75) is 38.3 Å². The summed E-state index contributed by atoms with van der Waals surface area (Å²) in [5.74, 6) is 1.54. The molecule has 2 atom stereocenters. The zero-order valence-corrected chi connectivity index (χ0v) is 14.0. The van der Waals surface area contributed by atoms with Crippen LogP contribution < -0.4 is 5.32 Å². The predicted octanol–water partition coefficient (Wildman–Crippen LogP) is 2.80. The molecule has 1 aliphatic carbocycles. The summed E-state index contributed by atoms with van der Waals surface area (Å²) in [6.07, 6.45) is 6.71. The molecule has 0 saturated heterocycles. The molecule has 1 fully saturated rings. The fraction of sp³-hybridized carbons (Fsp3) is 0.350. The second kappa shape index (κ2) is 5.69. The number of benzene rings is 1. The van der Waals surface area contributed by atoms with E-state index in [1.807, 2.05) is 12.1 Å². The Bertz CT molecular complexity index is 947.